The lowest BCUT2D eigenvalue weighted by molar-refractivity contribution is -0.156. The summed E-state index contributed by atoms with van der Waals surface area (Å²) >= 11 is 0. The molecule has 1 aromatic heterocycles. The van der Waals surface area contributed by atoms with E-state index in [0.29, 0.717) is 5.69 Å². The Labute approximate surface area is 93.1 Å². The number of carbonyl (C=O) groups is 2. The molecule has 86 valence electrons. The van der Waals surface area contributed by atoms with Crippen LogP contribution in [0.25, 0.3) is 0 Å². The first-order chi connectivity index (χ1) is 7.56. The number of carboxylic acids is 1. The van der Waals surface area contributed by atoms with Crippen LogP contribution >= 0.6 is 0 Å². The van der Waals surface area contributed by atoms with Gasteiger partial charge in [0.2, 0.25) is 0 Å². The van der Waals surface area contributed by atoms with Gasteiger partial charge in [-0.15, -0.1) is 0 Å². The molecule has 16 heavy (non-hydrogen) atoms. The van der Waals surface area contributed by atoms with Crippen molar-refractivity contribution in [2.75, 3.05) is 7.11 Å². The average molecular weight is 223 g/mol. The van der Waals surface area contributed by atoms with E-state index in [1.54, 1.807) is 12.3 Å². The Morgan fingerprint density at radius 1 is 1.56 bits per heavy atom. The van der Waals surface area contributed by atoms with Gasteiger partial charge < -0.3 is 9.84 Å². The predicted molar refractivity (Wildman–Crippen MR) is 55.8 cm³/mol. The summed E-state index contributed by atoms with van der Waals surface area (Å²) in [7, 11) is 1.17. The largest absolute Gasteiger partial charge is 0.481 e. The number of carbonyl (C=O) groups excluding carboxylic acids is 1. The summed E-state index contributed by atoms with van der Waals surface area (Å²) in [4.78, 5) is 26.2. The van der Waals surface area contributed by atoms with E-state index in [9.17, 15) is 9.59 Å². The lowest BCUT2D eigenvalue weighted by Crippen LogP contribution is -2.27. The zero-order valence-electron chi connectivity index (χ0n) is 9.14. The van der Waals surface area contributed by atoms with Gasteiger partial charge in [-0.2, -0.15) is 0 Å². The molecule has 0 saturated carbocycles. The summed E-state index contributed by atoms with van der Waals surface area (Å²) in [6.07, 6.45) is 1.62. The molecule has 0 aliphatic carbocycles. The molecule has 1 heterocycles. The van der Waals surface area contributed by atoms with Crippen LogP contribution < -0.4 is 0 Å². The van der Waals surface area contributed by atoms with Crippen LogP contribution in [0.2, 0.25) is 0 Å². The molecule has 1 unspecified atom stereocenters. The summed E-state index contributed by atoms with van der Waals surface area (Å²) in [5.41, 5.74) is 1.46. The number of methoxy groups -OCH3 is 1. The fourth-order valence-corrected chi connectivity index (χ4v) is 1.34. The van der Waals surface area contributed by atoms with Crippen molar-refractivity contribution in [2.24, 2.45) is 5.92 Å². The van der Waals surface area contributed by atoms with Crippen LogP contribution in [0.4, 0.5) is 0 Å². The molecule has 0 aliphatic heterocycles. The Hall–Kier alpha value is -1.91. The van der Waals surface area contributed by atoms with E-state index in [1.165, 1.54) is 7.11 Å². The van der Waals surface area contributed by atoms with Crippen LogP contribution in [0.3, 0.4) is 0 Å². The van der Waals surface area contributed by atoms with E-state index in [0.717, 1.165) is 5.56 Å². The second kappa shape index (κ2) is 5.25. The standard InChI is InChI=1S/C11H13NO4/c1-7-4-3-5-12-9(7)6-8(10(13)14)11(15)16-2/h3-5,8H,6H2,1-2H3,(H,13,14). The molecule has 0 saturated heterocycles. The van der Waals surface area contributed by atoms with Crippen molar-refractivity contribution in [1.82, 2.24) is 4.98 Å². The molecular formula is C11H13NO4. The number of rotatable bonds is 4. The molecule has 5 nitrogen and oxygen atoms in total. The van der Waals surface area contributed by atoms with E-state index in [-0.39, 0.29) is 6.42 Å². The highest BCUT2D eigenvalue weighted by Gasteiger charge is 2.28. The number of ether oxygens (including phenoxy) is 1. The summed E-state index contributed by atoms with van der Waals surface area (Å²) in [5.74, 6) is -3.15. The van der Waals surface area contributed by atoms with E-state index < -0.39 is 17.9 Å². The third kappa shape index (κ3) is 2.79. The minimum atomic E-state index is -1.20. The van der Waals surface area contributed by atoms with Gasteiger partial charge in [0.05, 0.1) is 7.11 Å². The van der Waals surface area contributed by atoms with Crippen molar-refractivity contribution < 1.29 is 19.4 Å². The number of aromatic nitrogens is 1. The number of aryl methyl sites for hydroxylation is 1. The first-order valence-electron chi connectivity index (χ1n) is 4.77. The maximum Gasteiger partial charge on any atom is 0.320 e. The number of aliphatic carboxylic acids is 1. The molecule has 1 atom stereocenters. The van der Waals surface area contributed by atoms with Crippen LogP contribution in [-0.2, 0) is 20.7 Å². The number of carboxylic acid groups (broad SMARTS) is 1. The maximum absolute atomic E-state index is 11.2. The zero-order chi connectivity index (χ0) is 12.1. The maximum atomic E-state index is 11.2. The monoisotopic (exact) mass is 223 g/mol. The quantitative estimate of drug-likeness (QED) is 0.603. The Morgan fingerprint density at radius 2 is 2.25 bits per heavy atom. The first kappa shape index (κ1) is 12.2. The van der Waals surface area contributed by atoms with Gasteiger partial charge in [0.25, 0.3) is 0 Å². The molecule has 1 N–H and O–H groups in total. The SMILES string of the molecule is COC(=O)C(Cc1ncccc1C)C(=O)O. The van der Waals surface area contributed by atoms with Crippen LogP contribution in [-0.4, -0.2) is 29.1 Å². The van der Waals surface area contributed by atoms with Gasteiger partial charge in [-0.3, -0.25) is 14.6 Å². The van der Waals surface area contributed by atoms with Gasteiger partial charge in [-0.05, 0) is 18.6 Å². The predicted octanol–water partition coefficient (Wildman–Crippen LogP) is 0.806. The Bertz CT molecular complexity index is 403. The van der Waals surface area contributed by atoms with Crippen LogP contribution in [0.5, 0.6) is 0 Å². The minimum absolute atomic E-state index is 0.0503. The van der Waals surface area contributed by atoms with Crippen molar-refractivity contribution in [3.63, 3.8) is 0 Å². The third-order valence-electron chi connectivity index (χ3n) is 2.30. The molecule has 0 fully saturated rings. The van der Waals surface area contributed by atoms with Crippen LogP contribution in [0.15, 0.2) is 18.3 Å². The van der Waals surface area contributed by atoms with Gasteiger partial charge in [0, 0.05) is 18.3 Å². The van der Waals surface area contributed by atoms with Gasteiger partial charge >= 0.3 is 11.9 Å². The second-order valence-corrected chi connectivity index (χ2v) is 3.39. The lowest BCUT2D eigenvalue weighted by atomic mass is 10.0. The highest BCUT2D eigenvalue weighted by atomic mass is 16.5. The normalized spacial score (nSPS) is 11.9. The third-order valence-corrected chi connectivity index (χ3v) is 2.30. The summed E-state index contributed by atoms with van der Waals surface area (Å²) in [6.45, 7) is 1.82. The molecule has 0 amide bonds. The molecular weight excluding hydrogens is 210 g/mol. The fraction of sp³-hybridized carbons (Fsp3) is 0.364. The number of pyridine rings is 1. The highest BCUT2D eigenvalue weighted by molar-refractivity contribution is 5.94. The smallest absolute Gasteiger partial charge is 0.320 e. The summed E-state index contributed by atoms with van der Waals surface area (Å²) in [5, 5.41) is 8.90. The number of hydrogen-bond acceptors (Lipinski definition) is 4. The van der Waals surface area contributed by atoms with Crippen LogP contribution in [0, 0.1) is 12.8 Å². The molecule has 0 aromatic carbocycles. The Balaban J connectivity index is 2.88. The Morgan fingerprint density at radius 3 is 2.75 bits per heavy atom. The Kier molecular flexibility index (Phi) is 3.99. The van der Waals surface area contributed by atoms with Crippen molar-refractivity contribution in [1.29, 1.82) is 0 Å². The van der Waals surface area contributed by atoms with Gasteiger partial charge in [0.15, 0.2) is 5.92 Å². The first-order valence-corrected chi connectivity index (χ1v) is 4.77. The number of esters is 1. The topological polar surface area (TPSA) is 76.5 Å². The van der Waals surface area contributed by atoms with E-state index in [4.69, 9.17) is 5.11 Å². The zero-order valence-corrected chi connectivity index (χ0v) is 9.14. The van der Waals surface area contributed by atoms with Crippen molar-refractivity contribution in [2.45, 2.75) is 13.3 Å². The molecule has 5 heteroatoms. The number of hydrogen-bond donors (Lipinski definition) is 1. The molecule has 1 aromatic rings. The van der Waals surface area contributed by atoms with E-state index >= 15 is 0 Å². The lowest BCUT2D eigenvalue weighted by Gasteiger charge is -2.10. The van der Waals surface area contributed by atoms with E-state index in [1.807, 2.05) is 13.0 Å². The van der Waals surface area contributed by atoms with E-state index in [2.05, 4.69) is 9.72 Å². The molecule has 0 radical (unpaired) electrons. The fourth-order valence-electron chi connectivity index (χ4n) is 1.34. The summed E-state index contributed by atoms with van der Waals surface area (Å²) < 4.78 is 4.44. The molecule has 1 rings (SSSR count). The van der Waals surface area contributed by atoms with Gasteiger partial charge in [-0.1, -0.05) is 6.07 Å². The van der Waals surface area contributed by atoms with Crippen molar-refractivity contribution >= 4 is 11.9 Å². The average Bonchev–Trinajstić information content (AvgIpc) is 2.26. The van der Waals surface area contributed by atoms with Crippen molar-refractivity contribution in [3.05, 3.63) is 29.6 Å². The minimum Gasteiger partial charge on any atom is -0.481 e. The van der Waals surface area contributed by atoms with Crippen molar-refractivity contribution in [3.8, 4) is 0 Å². The molecule has 0 bridgehead atoms. The molecule has 0 aliphatic rings. The highest BCUT2D eigenvalue weighted by Crippen LogP contribution is 2.12. The second-order valence-electron chi connectivity index (χ2n) is 3.39. The molecule has 0 spiro atoms. The summed E-state index contributed by atoms with van der Waals surface area (Å²) in [6, 6.07) is 3.57. The van der Waals surface area contributed by atoms with Gasteiger partial charge in [-0.25, -0.2) is 0 Å². The van der Waals surface area contributed by atoms with Crippen LogP contribution in [0.1, 0.15) is 11.3 Å². The number of nitrogens with zero attached hydrogens (tertiary/aromatic N) is 1. The van der Waals surface area contributed by atoms with Gasteiger partial charge in [0.1, 0.15) is 0 Å².